The number of allylic oxidation sites excluding steroid dienone is 1. The van der Waals surface area contributed by atoms with Crippen molar-refractivity contribution in [2.24, 2.45) is 0 Å². The first-order valence-corrected chi connectivity index (χ1v) is 7.52. The summed E-state index contributed by atoms with van der Waals surface area (Å²) in [7, 11) is 7.83. The van der Waals surface area contributed by atoms with Gasteiger partial charge >= 0.3 is 0 Å². The van der Waals surface area contributed by atoms with Gasteiger partial charge in [0.2, 0.25) is 0 Å². The summed E-state index contributed by atoms with van der Waals surface area (Å²) in [5.74, 6) is 1.39. The molecular weight excluding hydrogens is 176 g/mol. The Morgan fingerprint density at radius 2 is 1.46 bits per heavy atom. The summed E-state index contributed by atoms with van der Waals surface area (Å²) in [6, 6.07) is 1.34. The molecule has 3 heteroatoms. The fourth-order valence-corrected chi connectivity index (χ4v) is 3.20. The van der Waals surface area contributed by atoms with E-state index >= 15 is 0 Å². The van der Waals surface area contributed by atoms with Gasteiger partial charge in [0, 0.05) is 28.2 Å². The van der Waals surface area contributed by atoms with Crippen molar-refractivity contribution in [2.45, 2.75) is 26.4 Å². The molecule has 2 nitrogen and oxygen atoms in total. The Morgan fingerprint density at radius 3 is 1.69 bits per heavy atom. The SMILES string of the molecule is CC[SiH](C)C(C)=C(N(C)C)N(C)C. The van der Waals surface area contributed by atoms with Crippen LogP contribution < -0.4 is 0 Å². The Bertz CT molecular complexity index is 175. The summed E-state index contributed by atoms with van der Waals surface area (Å²) in [6.45, 7) is 7.00. The van der Waals surface area contributed by atoms with E-state index in [1.54, 1.807) is 5.20 Å². The van der Waals surface area contributed by atoms with E-state index in [1.165, 1.54) is 11.9 Å². The monoisotopic (exact) mass is 200 g/mol. The molecule has 0 amide bonds. The topological polar surface area (TPSA) is 6.48 Å². The average Bonchev–Trinajstić information content (AvgIpc) is 2.01. The summed E-state index contributed by atoms with van der Waals surface area (Å²) in [4.78, 5) is 4.43. The summed E-state index contributed by atoms with van der Waals surface area (Å²) in [6.07, 6.45) is 0. The van der Waals surface area contributed by atoms with Crippen LogP contribution >= 0.6 is 0 Å². The quantitative estimate of drug-likeness (QED) is 0.638. The first-order valence-electron chi connectivity index (χ1n) is 4.97. The third-order valence-corrected chi connectivity index (χ3v) is 5.51. The van der Waals surface area contributed by atoms with Gasteiger partial charge in [-0.15, -0.1) is 0 Å². The van der Waals surface area contributed by atoms with Gasteiger partial charge in [0.1, 0.15) is 0 Å². The maximum Gasteiger partial charge on any atom is 0.0974 e. The molecule has 0 fully saturated rings. The summed E-state index contributed by atoms with van der Waals surface area (Å²) in [5.41, 5.74) is 0. The van der Waals surface area contributed by atoms with Crippen LogP contribution in [0.2, 0.25) is 12.6 Å². The second-order valence-corrected chi connectivity index (χ2v) is 7.59. The summed E-state index contributed by atoms with van der Waals surface area (Å²) in [5, 5.41) is 1.61. The fourth-order valence-electron chi connectivity index (χ4n) is 1.63. The zero-order valence-corrected chi connectivity index (χ0v) is 11.3. The minimum Gasteiger partial charge on any atom is -0.365 e. The lowest BCUT2D eigenvalue weighted by Gasteiger charge is -2.29. The first kappa shape index (κ1) is 12.6. The zero-order chi connectivity index (χ0) is 10.6. The Morgan fingerprint density at radius 1 is 1.08 bits per heavy atom. The van der Waals surface area contributed by atoms with Crippen molar-refractivity contribution < 1.29 is 0 Å². The van der Waals surface area contributed by atoms with E-state index in [-0.39, 0.29) is 0 Å². The highest BCUT2D eigenvalue weighted by atomic mass is 28.3. The van der Waals surface area contributed by atoms with Gasteiger partial charge < -0.3 is 9.80 Å². The molecule has 0 heterocycles. The number of rotatable bonds is 4. The van der Waals surface area contributed by atoms with Gasteiger partial charge in [-0.05, 0) is 12.1 Å². The lowest BCUT2D eigenvalue weighted by Crippen LogP contribution is -2.29. The molecule has 0 aliphatic rings. The van der Waals surface area contributed by atoms with E-state index < -0.39 is 8.80 Å². The van der Waals surface area contributed by atoms with Crippen molar-refractivity contribution in [2.75, 3.05) is 28.2 Å². The van der Waals surface area contributed by atoms with Crippen molar-refractivity contribution in [3.63, 3.8) is 0 Å². The minimum atomic E-state index is -0.649. The van der Waals surface area contributed by atoms with E-state index in [9.17, 15) is 0 Å². The van der Waals surface area contributed by atoms with Crippen LogP contribution in [0.3, 0.4) is 0 Å². The molecule has 0 saturated carbocycles. The van der Waals surface area contributed by atoms with E-state index in [0.29, 0.717) is 0 Å². The summed E-state index contributed by atoms with van der Waals surface area (Å²) < 4.78 is 0. The normalized spacial score (nSPS) is 12.2. The van der Waals surface area contributed by atoms with E-state index in [2.05, 4.69) is 58.4 Å². The Kier molecular flexibility index (Phi) is 5.14. The molecule has 1 atom stereocenters. The molecule has 0 bridgehead atoms. The molecule has 0 aliphatic carbocycles. The lowest BCUT2D eigenvalue weighted by atomic mass is 10.5. The highest BCUT2D eigenvalue weighted by Crippen LogP contribution is 2.14. The molecule has 0 rings (SSSR count). The van der Waals surface area contributed by atoms with Crippen molar-refractivity contribution in [1.29, 1.82) is 0 Å². The molecule has 0 aliphatic heterocycles. The van der Waals surface area contributed by atoms with E-state index in [1.807, 2.05) is 0 Å². The van der Waals surface area contributed by atoms with Crippen LogP contribution in [0.25, 0.3) is 0 Å². The molecule has 0 N–H and O–H groups in total. The van der Waals surface area contributed by atoms with Crippen molar-refractivity contribution >= 4 is 8.80 Å². The predicted octanol–water partition coefficient (Wildman–Crippen LogP) is 1.76. The molecule has 13 heavy (non-hydrogen) atoms. The largest absolute Gasteiger partial charge is 0.365 e. The van der Waals surface area contributed by atoms with E-state index in [0.717, 1.165) is 0 Å². The summed E-state index contributed by atoms with van der Waals surface area (Å²) >= 11 is 0. The predicted molar refractivity (Wildman–Crippen MR) is 63.6 cm³/mol. The molecule has 0 aromatic heterocycles. The maximum atomic E-state index is 2.42. The Hall–Kier alpha value is -0.443. The van der Waals surface area contributed by atoms with Gasteiger partial charge in [0.25, 0.3) is 0 Å². The molecule has 0 saturated heterocycles. The second-order valence-electron chi connectivity index (χ2n) is 4.10. The van der Waals surface area contributed by atoms with Gasteiger partial charge in [0.05, 0.1) is 14.6 Å². The molecule has 0 aromatic carbocycles. The molecule has 0 radical (unpaired) electrons. The van der Waals surface area contributed by atoms with Crippen molar-refractivity contribution in [1.82, 2.24) is 9.80 Å². The third-order valence-electron chi connectivity index (χ3n) is 2.55. The van der Waals surface area contributed by atoms with Gasteiger partial charge in [-0.25, -0.2) is 0 Å². The standard InChI is InChI=1S/C10H24N2Si/c1-8-13(7)9(2)10(11(3)4)12(5)6/h13H,8H2,1-7H3. The van der Waals surface area contributed by atoms with Crippen LogP contribution in [0.15, 0.2) is 11.0 Å². The molecule has 0 spiro atoms. The molecule has 78 valence electrons. The van der Waals surface area contributed by atoms with Gasteiger partial charge in [-0.3, -0.25) is 0 Å². The zero-order valence-electron chi connectivity index (χ0n) is 10.2. The fraction of sp³-hybridized carbons (Fsp3) is 0.800. The lowest BCUT2D eigenvalue weighted by molar-refractivity contribution is 0.339. The van der Waals surface area contributed by atoms with Crippen molar-refractivity contribution in [3.8, 4) is 0 Å². The van der Waals surface area contributed by atoms with E-state index in [4.69, 9.17) is 0 Å². The molecule has 1 unspecified atom stereocenters. The van der Waals surface area contributed by atoms with Gasteiger partial charge in [-0.1, -0.05) is 19.5 Å². The highest BCUT2D eigenvalue weighted by Gasteiger charge is 2.12. The maximum absolute atomic E-state index is 2.42. The van der Waals surface area contributed by atoms with Gasteiger partial charge in [-0.2, -0.15) is 0 Å². The average molecular weight is 200 g/mol. The number of hydrogen-bond donors (Lipinski definition) is 0. The van der Waals surface area contributed by atoms with Crippen LogP contribution in [0.1, 0.15) is 13.8 Å². The molecule has 0 aromatic rings. The van der Waals surface area contributed by atoms with Gasteiger partial charge in [0.15, 0.2) is 0 Å². The Balaban J connectivity index is 4.85. The highest BCUT2D eigenvalue weighted by molar-refractivity contribution is 6.65. The van der Waals surface area contributed by atoms with Crippen molar-refractivity contribution in [3.05, 3.63) is 11.0 Å². The van der Waals surface area contributed by atoms with Crippen LogP contribution in [0.4, 0.5) is 0 Å². The Labute approximate surface area is 84.8 Å². The smallest absolute Gasteiger partial charge is 0.0974 e. The number of hydrogen-bond acceptors (Lipinski definition) is 2. The number of nitrogens with zero attached hydrogens (tertiary/aromatic N) is 2. The van der Waals surface area contributed by atoms with Crippen LogP contribution in [-0.4, -0.2) is 46.8 Å². The second kappa shape index (κ2) is 5.32. The first-order chi connectivity index (χ1) is 5.91. The molecular formula is C10H24N2Si. The van der Waals surface area contributed by atoms with Crippen LogP contribution in [-0.2, 0) is 0 Å². The minimum absolute atomic E-state index is 0.649. The van der Waals surface area contributed by atoms with Crippen LogP contribution in [0, 0.1) is 0 Å². The van der Waals surface area contributed by atoms with Crippen LogP contribution in [0.5, 0.6) is 0 Å². The third kappa shape index (κ3) is 3.42.